The fourth-order valence-electron chi connectivity index (χ4n) is 18.3. The van der Waals surface area contributed by atoms with E-state index in [2.05, 4.69) is 77.6 Å². The van der Waals surface area contributed by atoms with Crippen LogP contribution >= 0.6 is 0 Å². The van der Waals surface area contributed by atoms with Crippen molar-refractivity contribution in [3.05, 3.63) is 35.4 Å². The van der Waals surface area contributed by atoms with E-state index in [1.807, 2.05) is 0 Å². The van der Waals surface area contributed by atoms with Gasteiger partial charge in [0.2, 0.25) is 0 Å². The second kappa shape index (κ2) is 13.3. The average Bonchev–Trinajstić information content (AvgIpc) is 3.33. The largest absolute Gasteiger partial charge is 0.481 e. The molecule has 6 saturated carbocycles. The average molecular weight is 783 g/mol. The van der Waals surface area contributed by atoms with Crippen molar-refractivity contribution in [3.63, 3.8) is 0 Å². The Labute approximate surface area is 344 Å². The van der Waals surface area contributed by atoms with Gasteiger partial charge in [0.05, 0.1) is 24.7 Å². The highest BCUT2D eigenvalue weighted by Crippen LogP contribution is 2.91. The zero-order valence-electron chi connectivity index (χ0n) is 36.5. The summed E-state index contributed by atoms with van der Waals surface area (Å²) in [5.74, 6) is 7.82. The van der Waals surface area contributed by atoms with Gasteiger partial charge in [0.1, 0.15) is 0 Å². The first kappa shape index (κ1) is 40.5. The van der Waals surface area contributed by atoms with Gasteiger partial charge in [0.15, 0.2) is 5.79 Å². The van der Waals surface area contributed by atoms with E-state index in [0.29, 0.717) is 30.8 Å². The minimum absolute atomic E-state index is 0.0303. The maximum atomic E-state index is 13.2. The number of carboxylic acid groups (broad SMARTS) is 1. The standard InChI is InChI=1S/C51H74O6/c1-8-10-35-11-9-20-48-26-27-49-34(2)51(55,57-41(49)29-37-14-12-36(13-15-37)19-28-56-7)31-39-17-16-38(46(48,6)50(39,49)33-52)30-47(21-18-35)40-32-44(4,42(53)54)23-22-43(40,3)24-25-45(47,48)5/h12-15,34-35,38-41,52,55H,8,10-11,16-19,21-33H2,1-7H3,(H,53,54). The first-order valence-electron chi connectivity index (χ1n) is 23.4. The number of aliphatic carboxylic acids is 1. The van der Waals surface area contributed by atoms with Crippen LogP contribution < -0.4 is 0 Å². The maximum Gasteiger partial charge on any atom is 0.309 e. The molecule has 314 valence electrons. The summed E-state index contributed by atoms with van der Waals surface area (Å²) in [6.07, 6.45) is 17.4. The second-order valence-corrected chi connectivity index (χ2v) is 22.6. The molecule has 6 nitrogen and oxygen atoms in total. The molecule has 15 unspecified atom stereocenters. The van der Waals surface area contributed by atoms with Crippen molar-refractivity contribution in [3.8, 4) is 11.8 Å². The van der Waals surface area contributed by atoms with E-state index in [0.717, 1.165) is 96.3 Å². The second-order valence-electron chi connectivity index (χ2n) is 22.6. The minimum atomic E-state index is -1.21. The molecule has 7 aliphatic carbocycles. The molecule has 0 aromatic heterocycles. The zero-order valence-corrected chi connectivity index (χ0v) is 36.5. The molecule has 15 atom stereocenters. The number of rotatable bonds is 9. The van der Waals surface area contributed by atoms with Crippen LogP contribution in [0.15, 0.2) is 24.3 Å². The summed E-state index contributed by atoms with van der Waals surface area (Å²) in [7, 11) is 1.75. The fraction of sp³-hybridized carbons (Fsp3) is 0.824. The van der Waals surface area contributed by atoms with Gasteiger partial charge in [-0.15, -0.1) is 5.92 Å². The molecule has 0 amide bonds. The van der Waals surface area contributed by atoms with Gasteiger partial charge in [0.25, 0.3) is 0 Å². The van der Waals surface area contributed by atoms with Gasteiger partial charge in [-0.1, -0.05) is 71.2 Å². The summed E-state index contributed by atoms with van der Waals surface area (Å²) in [6.45, 7) is 15.3. The normalized spacial score (nSPS) is 51.8. The molecule has 7 fully saturated rings. The summed E-state index contributed by atoms with van der Waals surface area (Å²) in [4.78, 5) is 13.2. The molecule has 1 aliphatic heterocycles. The Balaban J connectivity index is 1.24. The highest BCUT2D eigenvalue weighted by molar-refractivity contribution is 5.74. The number of hydrogen-bond acceptors (Lipinski definition) is 5. The van der Waals surface area contributed by atoms with E-state index in [1.165, 1.54) is 24.0 Å². The number of benzene rings is 1. The molecule has 4 bridgehead atoms. The van der Waals surface area contributed by atoms with Crippen LogP contribution in [0.25, 0.3) is 0 Å². The van der Waals surface area contributed by atoms with Crippen LogP contribution in [-0.4, -0.2) is 53.5 Å². The summed E-state index contributed by atoms with van der Waals surface area (Å²) < 4.78 is 12.5. The van der Waals surface area contributed by atoms with Gasteiger partial charge < -0.3 is 24.8 Å². The van der Waals surface area contributed by atoms with E-state index in [4.69, 9.17) is 9.47 Å². The zero-order chi connectivity index (χ0) is 40.5. The van der Waals surface area contributed by atoms with Gasteiger partial charge in [-0.3, -0.25) is 4.79 Å². The number of methoxy groups -OCH3 is 1. The van der Waals surface area contributed by atoms with Crippen molar-refractivity contribution < 1.29 is 29.6 Å². The quantitative estimate of drug-likeness (QED) is 0.216. The van der Waals surface area contributed by atoms with E-state index < -0.39 is 28.0 Å². The van der Waals surface area contributed by atoms with Crippen molar-refractivity contribution in [2.45, 2.75) is 169 Å². The number of hydrogen-bond donors (Lipinski definition) is 3. The Hall–Kier alpha value is -1.91. The predicted octanol–water partition coefficient (Wildman–Crippen LogP) is 10.0. The van der Waals surface area contributed by atoms with Crippen LogP contribution in [-0.2, 0) is 27.1 Å². The Bertz CT molecular complexity index is 1810. The molecular weight excluding hydrogens is 709 g/mol. The first-order chi connectivity index (χ1) is 27.0. The number of aliphatic hydroxyl groups is 2. The van der Waals surface area contributed by atoms with Crippen molar-refractivity contribution in [1.29, 1.82) is 0 Å². The molecule has 1 aromatic rings. The molecule has 6 heteroatoms. The maximum absolute atomic E-state index is 13.2. The van der Waals surface area contributed by atoms with Gasteiger partial charge in [-0.05, 0) is 160 Å². The molecule has 2 spiro atoms. The highest BCUT2D eigenvalue weighted by atomic mass is 16.6. The molecule has 9 rings (SSSR count). The summed E-state index contributed by atoms with van der Waals surface area (Å²) in [5.41, 5.74) is 0.175. The SMILES string of the molecule is CCCC1CC#CC23CCC45C(Cc6ccc(CCOC)cc6)OC(O)(CC6CCC(CC7(CC1)C1CC(C)(C(=O)O)CCC1(C)CCC72C)C3(C)C64CO)C5C. The van der Waals surface area contributed by atoms with Crippen molar-refractivity contribution in [2.75, 3.05) is 20.3 Å². The topological polar surface area (TPSA) is 96.2 Å². The molecule has 57 heavy (non-hydrogen) atoms. The lowest BCUT2D eigenvalue weighted by Gasteiger charge is -2.85. The number of fused-ring (bicyclic) bond motifs is 2. The Morgan fingerprint density at radius 1 is 0.912 bits per heavy atom. The Kier molecular flexibility index (Phi) is 9.44. The van der Waals surface area contributed by atoms with Gasteiger partial charge >= 0.3 is 5.97 Å². The van der Waals surface area contributed by atoms with E-state index in [9.17, 15) is 20.1 Å². The van der Waals surface area contributed by atoms with Crippen LogP contribution in [0.3, 0.4) is 0 Å². The molecule has 8 aliphatic rings. The molecule has 1 heterocycles. The lowest BCUT2D eigenvalue weighted by Crippen LogP contribution is -2.82. The lowest BCUT2D eigenvalue weighted by atomic mass is 9.18. The van der Waals surface area contributed by atoms with E-state index >= 15 is 0 Å². The van der Waals surface area contributed by atoms with Crippen molar-refractivity contribution >= 4 is 5.97 Å². The summed E-state index contributed by atoms with van der Waals surface area (Å²) >= 11 is 0. The highest BCUT2D eigenvalue weighted by Gasteiger charge is 2.89. The van der Waals surface area contributed by atoms with E-state index in [-0.39, 0.29) is 51.6 Å². The molecule has 1 aromatic carbocycles. The summed E-state index contributed by atoms with van der Waals surface area (Å²) in [6, 6.07) is 8.95. The molecule has 0 radical (unpaired) electrons. The number of ether oxygens (including phenoxy) is 2. The number of aliphatic hydroxyl groups excluding tert-OH is 1. The third kappa shape index (κ3) is 4.84. The Morgan fingerprint density at radius 3 is 2.33 bits per heavy atom. The van der Waals surface area contributed by atoms with Gasteiger partial charge in [-0.25, -0.2) is 0 Å². The van der Waals surface area contributed by atoms with Gasteiger partial charge in [-0.2, -0.15) is 0 Å². The Morgan fingerprint density at radius 2 is 1.63 bits per heavy atom. The van der Waals surface area contributed by atoms with Crippen molar-refractivity contribution in [2.24, 2.45) is 72.9 Å². The lowest BCUT2D eigenvalue weighted by molar-refractivity contribution is -0.378. The van der Waals surface area contributed by atoms with E-state index in [1.54, 1.807) is 7.11 Å². The van der Waals surface area contributed by atoms with Crippen LogP contribution in [0.5, 0.6) is 0 Å². The molecule has 3 N–H and O–H groups in total. The van der Waals surface area contributed by atoms with Crippen LogP contribution in [0.2, 0.25) is 0 Å². The van der Waals surface area contributed by atoms with Crippen LogP contribution in [0.1, 0.15) is 155 Å². The number of carbonyl (C=O) groups is 1. The monoisotopic (exact) mass is 783 g/mol. The van der Waals surface area contributed by atoms with Crippen LogP contribution in [0, 0.1) is 84.8 Å². The first-order valence-corrected chi connectivity index (χ1v) is 23.4. The summed E-state index contributed by atoms with van der Waals surface area (Å²) in [5, 5.41) is 36.2. The minimum Gasteiger partial charge on any atom is -0.481 e. The smallest absolute Gasteiger partial charge is 0.309 e. The third-order valence-corrected chi connectivity index (χ3v) is 21.3. The molecular formula is C51H74O6. The third-order valence-electron chi connectivity index (χ3n) is 21.3. The van der Waals surface area contributed by atoms with Gasteiger partial charge in [0, 0.05) is 42.1 Å². The molecule has 1 saturated heterocycles. The number of carboxylic acids is 1. The fourth-order valence-corrected chi connectivity index (χ4v) is 18.3. The predicted molar refractivity (Wildman–Crippen MR) is 223 cm³/mol. The van der Waals surface area contributed by atoms with Crippen LogP contribution in [0.4, 0.5) is 0 Å². The van der Waals surface area contributed by atoms with Crippen molar-refractivity contribution in [1.82, 2.24) is 0 Å².